The molecule has 126 valence electrons. The van der Waals surface area contributed by atoms with E-state index in [2.05, 4.69) is 30.7 Å². The second kappa shape index (κ2) is 7.23. The molecule has 8 heteroatoms. The lowest BCUT2D eigenvalue weighted by Crippen LogP contribution is -2.07. The molecule has 3 rings (SSSR count). The number of pyridine rings is 2. The Morgan fingerprint density at radius 2 is 2.16 bits per heavy atom. The first-order chi connectivity index (χ1) is 12.1. The molecule has 3 heterocycles. The van der Waals surface area contributed by atoms with Crippen molar-refractivity contribution in [2.75, 3.05) is 5.32 Å². The van der Waals surface area contributed by atoms with E-state index in [1.165, 1.54) is 17.7 Å². The Morgan fingerprint density at radius 3 is 2.88 bits per heavy atom. The highest BCUT2D eigenvalue weighted by molar-refractivity contribution is 7.09. The lowest BCUT2D eigenvalue weighted by molar-refractivity contribution is 0.241. The van der Waals surface area contributed by atoms with Crippen LogP contribution in [0.5, 0.6) is 5.75 Å². The van der Waals surface area contributed by atoms with Crippen LogP contribution in [0.2, 0.25) is 0 Å². The van der Waals surface area contributed by atoms with Crippen molar-refractivity contribution in [3.63, 3.8) is 0 Å². The summed E-state index contributed by atoms with van der Waals surface area (Å²) >= 11 is 1.21. The maximum atomic E-state index is 9.32. The highest BCUT2D eigenvalue weighted by Gasteiger charge is 2.13. The Morgan fingerprint density at radius 1 is 1.32 bits per heavy atom. The van der Waals surface area contributed by atoms with Crippen molar-refractivity contribution in [2.24, 2.45) is 0 Å². The van der Waals surface area contributed by atoms with Gasteiger partial charge in [0, 0.05) is 17.7 Å². The maximum absolute atomic E-state index is 9.32. The molecule has 0 aliphatic rings. The normalized spacial score (nSPS) is 10.5. The number of ether oxygens (including phenoxy) is 1. The van der Waals surface area contributed by atoms with E-state index in [9.17, 15) is 5.26 Å². The first kappa shape index (κ1) is 16.8. The molecule has 0 aliphatic heterocycles. The summed E-state index contributed by atoms with van der Waals surface area (Å²) in [5.74, 6) is 1.64. The lowest BCUT2D eigenvalue weighted by atomic mass is 10.2. The molecule has 0 fully saturated rings. The third-order valence-electron chi connectivity index (χ3n) is 3.24. The van der Waals surface area contributed by atoms with Crippen molar-refractivity contribution in [1.29, 1.82) is 5.26 Å². The minimum Gasteiger partial charge on any atom is -0.488 e. The summed E-state index contributed by atoms with van der Waals surface area (Å²) in [6, 6.07) is 7.60. The first-order valence-electron chi connectivity index (χ1n) is 7.66. The summed E-state index contributed by atoms with van der Waals surface area (Å²) in [4.78, 5) is 13.0. The van der Waals surface area contributed by atoms with E-state index in [0.29, 0.717) is 28.0 Å². The van der Waals surface area contributed by atoms with Crippen LogP contribution in [-0.4, -0.2) is 25.4 Å². The highest BCUT2D eigenvalue weighted by Crippen LogP contribution is 2.26. The minimum atomic E-state index is -0.0328. The quantitative estimate of drug-likeness (QED) is 0.747. The topological polar surface area (TPSA) is 96.6 Å². The predicted octanol–water partition coefficient (Wildman–Crippen LogP) is 3.71. The van der Waals surface area contributed by atoms with E-state index < -0.39 is 0 Å². The zero-order valence-corrected chi connectivity index (χ0v) is 14.8. The molecule has 1 N–H and O–H groups in total. The molecule has 0 radical (unpaired) electrons. The third kappa shape index (κ3) is 3.89. The largest absolute Gasteiger partial charge is 0.488 e. The van der Waals surface area contributed by atoms with E-state index in [1.807, 2.05) is 32.9 Å². The number of aryl methyl sites for hydroxylation is 1. The molecule has 0 saturated carbocycles. The Balaban J connectivity index is 1.85. The number of nitrogens with one attached hydrogen (secondary N) is 1. The summed E-state index contributed by atoms with van der Waals surface area (Å²) in [5.41, 5.74) is 1.94. The predicted molar refractivity (Wildman–Crippen MR) is 95.9 cm³/mol. The van der Waals surface area contributed by atoms with Gasteiger partial charge in [0.1, 0.15) is 17.6 Å². The van der Waals surface area contributed by atoms with Crippen molar-refractivity contribution < 1.29 is 4.74 Å². The van der Waals surface area contributed by atoms with Gasteiger partial charge in [-0.25, -0.2) is 9.97 Å². The SMILES string of the molecule is Cc1cccnc1Nc1nc(-c2cc(C#N)c(OC(C)C)cn2)ns1. The average molecular weight is 352 g/mol. The molecule has 0 spiro atoms. The number of rotatable bonds is 5. The van der Waals surface area contributed by atoms with Crippen molar-refractivity contribution >= 4 is 22.5 Å². The van der Waals surface area contributed by atoms with Crippen molar-refractivity contribution in [1.82, 2.24) is 19.3 Å². The number of hydrogen-bond acceptors (Lipinski definition) is 8. The highest BCUT2D eigenvalue weighted by atomic mass is 32.1. The van der Waals surface area contributed by atoms with Crippen LogP contribution < -0.4 is 10.1 Å². The molecule has 7 nitrogen and oxygen atoms in total. The summed E-state index contributed by atoms with van der Waals surface area (Å²) < 4.78 is 9.89. The van der Waals surface area contributed by atoms with Gasteiger partial charge in [-0.1, -0.05) is 6.07 Å². The van der Waals surface area contributed by atoms with E-state index in [1.54, 1.807) is 12.3 Å². The number of aromatic nitrogens is 4. The molecule has 0 atom stereocenters. The van der Waals surface area contributed by atoms with Gasteiger partial charge in [-0.15, -0.1) is 0 Å². The van der Waals surface area contributed by atoms with Crippen LogP contribution >= 0.6 is 11.5 Å². The van der Waals surface area contributed by atoms with Crippen LogP contribution in [0.1, 0.15) is 25.0 Å². The molecule has 0 bridgehead atoms. The summed E-state index contributed by atoms with van der Waals surface area (Å²) in [7, 11) is 0. The van der Waals surface area contributed by atoms with Crippen LogP contribution in [0.3, 0.4) is 0 Å². The maximum Gasteiger partial charge on any atom is 0.208 e. The number of nitrogens with zero attached hydrogens (tertiary/aromatic N) is 5. The van der Waals surface area contributed by atoms with Crippen molar-refractivity contribution in [2.45, 2.75) is 26.9 Å². The molecular weight excluding hydrogens is 336 g/mol. The van der Waals surface area contributed by atoms with Gasteiger partial charge in [-0.05, 0) is 38.5 Å². The van der Waals surface area contributed by atoms with Gasteiger partial charge >= 0.3 is 0 Å². The Labute approximate surface area is 149 Å². The fourth-order valence-corrected chi connectivity index (χ4v) is 2.67. The molecule has 25 heavy (non-hydrogen) atoms. The zero-order chi connectivity index (χ0) is 17.8. The molecule has 0 amide bonds. The molecular formula is C17H16N6OS. The molecule has 0 saturated heterocycles. The summed E-state index contributed by atoms with van der Waals surface area (Å²) in [6.45, 7) is 5.76. The Kier molecular flexibility index (Phi) is 4.86. The Bertz CT molecular complexity index is 931. The second-order valence-corrected chi connectivity index (χ2v) is 6.31. The van der Waals surface area contributed by atoms with Gasteiger partial charge in [-0.3, -0.25) is 0 Å². The smallest absolute Gasteiger partial charge is 0.208 e. The molecule has 3 aromatic rings. The van der Waals surface area contributed by atoms with Gasteiger partial charge in [0.15, 0.2) is 11.6 Å². The fourth-order valence-electron chi connectivity index (χ4n) is 2.10. The average Bonchev–Trinajstić information content (AvgIpc) is 3.05. The van der Waals surface area contributed by atoms with Gasteiger partial charge in [0.25, 0.3) is 0 Å². The number of anilines is 2. The van der Waals surface area contributed by atoms with Gasteiger partial charge in [0.2, 0.25) is 5.13 Å². The molecule has 0 aromatic carbocycles. The van der Waals surface area contributed by atoms with Crippen molar-refractivity contribution in [3.8, 4) is 23.3 Å². The van der Waals surface area contributed by atoms with Crippen LogP contribution in [0.25, 0.3) is 11.5 Å². The number of hydrogen-bond donors (Lipinski definition) is 1. The van der Waals surface area contributed by atoms with E-state index in [-0.39, 0.29) is 6.10 Å². The van der Waals surface area contributed by atoms with Gasteiger partial charge < -0.3 is 10.1 Å². The van der Waals surface area contributed by atoms with Crippen LogP contribution in [0.15, 0.2) is 30.6 Å². The third-order valence-corrected chi connectivity index (χ3v) is 3.87. The van der Waals surface area contributed by atoms with E-state index >= 15 is 0 Å². The fraction of sp³-hybridized carbons (Fsp3) is 0.235. The standard InChI is InChI=1S/C17H16N6OS/c1-10(2)24-14-9-20-13(7-12(14)8-18)16-22-17(25-23-16)21-15-11(3)5-4-6-19-15/h4-7,9-10H,1-3H3,(H,19,21,22,23). The summed E-state index contributed by atoms with van der Waals surface area (Å²) in [5, 5.41) is 13.1. The van der Waals surface area contributed by atoms with E-state index in [0.717, 1.165) is 11.4 Å². The van der Waals surface area contributed by atoms with Gasteiger partial charge in [0.05, 0.1) is 17.9 Å². The second-order valence-electron chi connectivity index (χ2n) is 5.56. The van der Waals surface area contributed by atoms with Crippen LogP contribution in [-0.2, 0) is 0 Å². The molecule has 3 aromatic heterocycles. The van der Waals surface area contributed by atoms with Gasteiger partial charge in [-0.2, -0.15) is 14.6 Å². The lowest BCUT2D eigenvalue weighted by Gasteiger charge is -2.10. The molecule has 0 aliphatic carbocycles. The number of nitriles is 1. The zero-order valence-electron chi connectivity index (χ0n) is 14.0. The van der Waals surface area contributed by atoms with Crippen LogP contribution in [0.4, 0.5) is 10.9 Å². The van der Waals surface area contributed by atoms with Crippen LogP contribution in [0, 0.1) is 18.3 Å². The summed E-state index contributed by atoms with van der Waals surface area (Å²) in [6.07, 6.45) is 3.21. The molecule has 0 unspecified atom stereocenters. The Hall–Kier alpha value is -3.05. The first-order valence-corrected chi connectivity index (χ1v) is 8.43. The monoisotopic (exact) mass is 352 g/mol. The van der Waals surface area contributed by atoms with Crippen molar-refractivity contribution in [3.05, 3.63) is 41.7 Å². The minimum absolute atomic E-state index is 0.0328. The van der Waals surface area contributed by atoms with E-state index in [4.69, 9.17) is 4.74 Å².